The van der Waals surface area contributed by atoms with Gasteiger partial charge in [0.25, 0.3) is 0 Å². The molecule has 0 aliphatic heterocycles. The van der Waals surface area contributed by atoms with Crippen molar-refractivity contribution < 1.29 is 45.9 Å². The summed E-state index contributed by atoms with van der Waals surface area (Å²) in [5, 5.41) is 25.4. The topological polar surface area (TPSA) is 138 Å². The van der Waals surface area contributed by atoms with Crippen molar-refractivity contribution in [1.29, 1.82) is 0 Å². The second-order valence-electron chi connectivity index (χ2n) is 4.71. The molecular weight excluding hydrogens is 415 g/mol. The smallest absolute Gasteiger partial charge is 0.548 e. The number of carbonyl (C=O) groups is 4. The third-order valence-electron chi connectivity index (χ3n) is 2.55. The predicted octanol–water partition coefficient (Wildman–Crippen LogP) is -2.01. The van der Waals surface area contributed by atoms with E-state index in [4.69, 9.17) is 0 Å². The van der Waals surface area contributed by atoms with Crippen molar-refractivity contribution >= 4 is 47.3 Å². The van der Waals surface area contributed by atoms with Crippen LogP contribution < -0.4 is 20.8 Å². The van der Waals surface area contributed by atoms with E-state index in [-0.39, 0.29) is 28.3 Å². The standard InChI is InChI=1S/2C7H13NO3S.Ni/c2*1-5(9)8-6(7(10)11)3-4-12-2;/h2*6H,3-4H2,1-2H3,(H,8,9)(H,10,11);/q;;+2/p-2/t2*6-;/m00./s1. The van der Waals surface area contributed by atoms with E-state index in [0.29, 0.717) is 24.3 Å². The molecule has 0 rings (SSSR count). The molecule has 0 radical (unpaired) electrons. The Morgan fingerprint density at radius 3 is 1.24 bits per heavy atom. The van der Waals surface area contributed by atoms with Crippen LogP contribution in [0.4, 0.5) is 0 Å². The monoisotopic (exact) mass is 438 g/mol. The molecule has 0 spiro atoms. The summed E-state index contributed by atoms with van der Waals surface area (Å²) in [4.78, 5) is 41.8. The number of carbonyl (C=O) groups excluding carboxylic acids is 4. The van der Waals surface area contributed by atoms with Crippen LogP contribution in [0.2, 0.25) is 0 Å². The molecule has 0 fully saturated rings. The van der Waals surface area contributed by atoms with Crippen molar-refractivity contribution in [3.63, 3.8) is 0 Å². The van der Waals surface area contributed by atoms with Gasteiger partial charge < -0.3 is 30.4 Å². The number of hydrogen-bond acceptors (Lipinski definition) is 8. The van der Waals surface area contributed by atoms with E-state index in [0.717, 1.165) is 0 Å². The van der Waals surface area contributed by atoms with Crippen molar-refractivity contribution in [2.75, 3.05) is 24.0 Å². The van der Waals surface area contributed by atoms with Gasteiger partial charge in [0, 0.05) is 13.8 Å². The summed E-state index contributed by atoms with van der Waals surface area (Å²) in [6.45, 7) is 2.57. The molecule has 0 aromatic heterocycles. The predicted molar refractivity (Wildman–Crippen MR) is 91.2 cm³/mol. The largest absolute Gasteiger partial charge is 2.00 e. The maximum absolute atomic E-state index is 10.5. The first-order valence-electron chi connectivity index (χ1n) is 7.09. The average molecular weight is 439 g/mol. The normalized spacial score (nSPS) is 11.7. The van der Waals surface area contributed by atoms with Gasteiger partial charge in [0.1, 0.15) is 0 Å². The van der Waals surface area contributed by atoms with Crippen LogP contribution >= 0.6 is 23.5 Å². The number of hydrogen-bond donors (Lipinski definition) is 2. The maximum atomic E-state index is 10.5. The van der Waals surface area contributed by atoms with Crippen LogP contribution in [0.25, 0.3) is 0 Å². The third-order valence-corrected chi connectivity index (χ3v) is 3.83. The van der Waals surface area contributed by atoms with Crippen molar-refractivity contribution in [2.45, 2.75) is 38.8 Å². The summed E-state index contributed by atoms with van der Waals surface area (Å²) >= 11 is 3.06. The van der Waals surface area contributed by atoms with Gasteiger partial charge in [-0.25, -0.2) is 0 Å². The van der Waals surface area contributed by atoms with Crippen molar-refractivity contribution in [2.24, 2.45) is 0 Å². The summed E-state index contributed by atoms with van der Waals surface area (Å²) in [7, 11) is 0. The zero-order valence-corrected chi connectivity index (χ0v) is 17.2. The van der Waals surface area contributed by atoms with E-state index < -0.39 is 24.0 Å². The first-order valence-corrected chi connectivity index (χ1v) is 9.88. The van der Waals surface area contributed by atoms with Crippen LogP contribution in [0.15, 0.2) is 0 Å². The fraction of sp³-hybridized carbons (Fsp3) is 0.714. The van der Waals surface area contributed by atoms with Gasteiger partial charge in [-0.05, 0) is 36.9 Å². The summed E-state index contributed by atoms with van der Waals surface area (Å²) in [6, 6.07) is -1.70. The second-order valence-corrected chi connectivity index (χ2v) is 6.68. The minimum atomic E-state index is -1.22. The van der Waals surface area contributed by atoms with Crippen LogP contribution in [-0.4, -0.2) is 59.9 Å². The minimum Gasteiger partial charge on any atom is -0.548 e. The molecule has 148 valence electrons. The number of nitrogens with one attached hydrogen (secondary N) is 2. The van der Waals surface area contributed by atoms with E-state index in [1.807, 2.05) is 12.5 Å². The quantitative estimate of drug-likeness (QED) is 0.373. The van der Waals surface area contributed by atoms with E-state index in [2.05, 4.69) is 10.6 Å². The minimum absolute atomic E-state index is 0. The Hall–Kier alpha value is -0.926. The molecule has 2 amide bonds. The Balaban J connectivity index is -0.000000372. The number of carboxylic acids is 2. The summed E-state index contributed by atoms with van der Waals surface area (Å²) in [5.41, 5.74) is 0. The Morgan fingerprint density at radius 2 is 1.08 bits per heavy atom. The fourth-order valence-corrected chi connectivity index (χ4v) is 2.40. The molecule has 0 saturated carbocycles. The van der Waals surface area contributed by atoms with Crippen LogP contribution in [0.5, 0.6) is 0 Å². The molecule has 0 bridgehead atoms. The summed E-state index contributed by atoms with van der Waals surface area (Å²) in [5.74, 6) is -1.74. The fourth-order valence-electron chi connectivity index (χ4n) is 1.46. The zero-order valence-electron chi connectivity index (χ0n) is 14.6. The first-order chi connectivity index (χ1) is 11.1. The molecule has 11 heteroatoms. The Morgan fingerprint density at radius 1 is 0.800 bits per heavy atom. The molecule has 0 heterocycles. The molecule has 0 unspecified atom stereocenters. The number of amides is 2. The molecule has 0 aliphatic rings. The van der Waals surface area contributed by atoms with Crippen molar-refractivity contribution in [1.82, 2.24) is 10.6 Å². The molecule has 0 aliphatic carbocycles. The maximum Gasteiger partial charge on any atom is 2.00 e. The molecule has 0 aromatic rings. The molecular formula is C14H24N2NiO6S2. The SMILES string of the molecule is CSCC[C@H](NC(C)=O)C(=O)[O-].CSCC[C@H](NC(C)=O)C(=O)[O-].[Ni+2]. The van der Waals surface area contributed by atoms with E-state index in [1.54, 1.807) is 0 Å². The molecule has 2 atom stereocenters. The van der Waals surface area contributed by atoms with Crippen LogP contribution in [0, 0.1) is 0 Å². The van der Waals surface area contributed by atoms with Gasteiger partial charge in [-0.15, -0.1) is 0 Å². The molecule has 8 nitrogen and oxygen atoms in total. The van der Waals surface area contributed by atoms with Crippen LogP contribution in [-0.2, 0) is 35.7 Å². The van der Waals surface area contributed by atoms with Gasteiger partial charge in [-0.2, -0.15) is 23.5 Å². The van der Waals surface area contributed by atoms with Gasteiger partial charge in [-0.3, -0.25) is 9.59 Å². The number of thioether (sulfide) groups is 2. The van der Waals surface area contributed by atoms with Crippen molar-refractivity contribution in [3.05, 3.63) is 0 Å². The van der Waals surface area contributed by atoms with Crippen LogP contribution in [0.1, 0.15) is 26.7 Å². The summed E-state index contributed by atoms with van der Waals surface area (Å²) < 4.78 is 0. The second kappa shape index (κ2) is 17.9. The van der Waals surface area contributed by atoms with Gasteiger partial charge in [0.15, 0.2) is 0 Å². The average Bonchev–Trinajstić information content (AvgIpc) is 2.47. The first kappa shape index (κ1) is 28.9. The van der Waals surface area contributed by atoms with Gasteiger partial charge in [0.05, 0.1) is 24.0 Å². The molecule has 25 heavy (non-hydrogen) atoms. The van der Waals surface area contributed by atoms with Gasteiger partial charge in [0.2, 0.25) is 11.8 Å². The van der Waals surface area contributed by atoms with Crippen LogP contribution in [0.3, 0.4) is 0 Å². The Labute approximate surface area is 166 Å². The molecule has 0 aromatic carbocycles. The van der Waals surface area contributed by atoms with Crippen molar-refractivity contribution in [3.8, 4) is 0 Å². The molecule has 0 saturated heterocycles. The Kier molecular flexibility index (Phi) is 20.6. The Bertz CT molecular complexity index is 388. The number of aliphatic carboxylic acids is 2. The number of carboxylic acid groups (broad SMARTS) is 2. The summed E-state index contributed by atoms with van der Waals surface area (Å²) in [6.07, 6.45) is 4.56. The third kappa shape index (κ3) is 19.2. The number of rotatable bonds is 10. The van der Waals surface area contributed by atoms with Gasteiger partial charge in [-0.1, -0.05) is 0 Å². The van der Waals surface area contributed by atoms with E-state index in [1.165, 1.54) is 37.4 Å². The zero-order chi connectivity index (χ0) is 19.1. The molecule has 2 N–H and O–H groups in total. The van der Waals surface area contributed by atoms with E-state index >= 15 is 0 Å². The van der Waals surface area contributed by atoms with Gasteiger partial charge >= 0.3 is 16.5 Å². The van der Waals surface area contributed by atoms with E-state index in [9.17, 15) is 29.4 Å².